The molecule has 0 heterocycles. The smallest absolute Gasteiger partial charge is 0.312 e. The summed E-state index contributed by atoms with van der Waals surface area (Å²) in [6.07, 6.45) is 10.0. The van der Waals surface area contributed by atoms with E-state index in [0.29, 0.717) is 0 Å². The number of hydrogen-bond donors (Lipinski definition) is 6. The number of nitrogens with one attached hydrogen (secondary N) is 4. The zero-order valence-electron chi connectivity index (χ0n) is 11.1. The Morgan fingerprint density at radius 2 is 1.44 bits per heavy atom. The third kappa shape index (κ3) is 16.0. The van der Waals surface area contributed by atoms with Crippen molar-refractivity contribution in [3.8, 4) is 0 Å². The molecular weight excluding hydrogens is 255 g/mol. The van der Waals surface area contributed by atoms with Gasteiger partial charge in [0.15, 0.2) is 0 Å². The van der Waals surface area contributed by atoms with Gasteiger partial charge in [-0.3, -0.25) is 0 Å². The molecule has 18 heavy (non-hydrogen) atoms. The van der Waals surface area contributed by atoms with Crippen LogP contribution in [0.4, 0.5) is 0 Å². The Morgan fingerprint density at radius 3 is 2.00 bits per heavy atom. The molecule has 7 nitrogen and oxygen atoms in total. The Hall–Kier alpha value is -0.0100. The van der Waals surface area contributed by atoms with E-state index in [1.165, 1.54) is 44.9 Å². The highest BCUT2D eigenvalue weighted by Crippen LogP contribution is 2.25. The first-order valence-corrected chi connectivity index (χ1v) is 8.23. The maximum Gasteiger partial charge on any atom is 0.414 e. The average molecular weight is 282 g/mol. The molecule has 0 amide bonds. The lowest BCUT2D eigenvalue weighted by Gasteiger charge is -2.10. The number of hydrogen-bond acceptors (Lipinski definition) is 4. The van der Waals surface area contributed by atoms with E-state index in [4.69, 9.17) is 9.79 Å². The average Bonchev–Trinajstić information content (AvgIpc) is 2.29. The molecule has 0 aromatic carbocycles. The first-order chi connectivity index (χ1) is 8.56. The number of hydrazine groups is 3. The van der Waals surface area contributed by atoms with Crippen molar-refractivity contribution in [1.82, 2.24) is 21.7 Å². The molecule has 0 fully saturated rings. The summed E-state index contributed by atoms with van der Waals surface area (Å²) in [7, 11) is -4.21. The summed E-state index contributed by atoms with van der Waals surface area (Å²) in [4.78, 5) is 16.9. The number of rotatable bonds is 13. The molecule has 0 rings (SSSR count). The summed E-state index contributed by atoms with van der Waals surface area (Å²) >= 11 is 0. The second-order valence-corrected chi connectivity index (χ2v) is 5.62. The van der Waals surface area contributed by atoms with Crippen molar-refractivity contribution in [2.45, 2.75) is 58.3 Å². The Bertz CT molecular complexity index is 225. The lowest BCUT2D eigenvalue weighted by atomic mass is 10.1. The second-order valence-electron chi connectivity index (χ2n) is 4.31. The third-order valence-electron chi connectivity index (χ3n) is 2.51. The van der Waals surface area contributed by atoms with Gasteiger partial charge in [0.25, 0.3) is 0 Å². The molecule has 110 valence electrons. The third-order valence-corrected chi connectivity index (χ3v) is 2.91. The van der Waals surface area contributed by atoms with E-state index in [1.807, 2.05) is 0 Å². The van der Waals surface area contributed by atoms with Gasteiger partial charge in [0.2, 0.25) is 0 Å². The summed E-state index contributed by atoms with van der Waals surface area (Å²) in [5.41, 5.74) is 7.44. The van der Waals surface area contributed by atoms with Gasteiger partial charge in [0, 0.05) is 6.54 Å². The van der Waals surface area contributed by atoms with Crippen LogP contribution < -0.4 is 21.7 Å². The molecule has 0 radical (unpaired) electrons. The van der Waals surface area contributed by atoms with Crippen LogP contribution in [0.1, 0.15) is 58.3 Å². The van der Waals surface area contributed by atoms with Gasteiger partial charge in [0.1, 0.15) is 0 Å². The van der Waals surface area contributed by atoms with Gasteiger partial charge in [-0.2, -0.15) is 11.1 Å². The zero-order valence-corrected chi connectivity index (χ0v) is 12.0. The molecule has 0 saturated heterocycles. The van der Waals surface area contributed by atoms with Crippen LogP contribution in [0.3, 0.4) is 0 Å². The van der Waals surface area contributed by atoms with Crippen LogP contribution in [0.5, 0.6) is 0 Å². The second kappa shape index (κ2) is 12.0. The Kier molecular flexibility index (Phi) is 12.0. The zero-order chi connectivity index (χ0) is 13.7. The normalized spacial score (nSPS) is 11.9. The Balaban J connectivity index is 3.01. The highest BCUT2D eigenvalue weighted by atomic mass is 31.2. The topological polar surface area (TPSA) is 106 Å². The molecule has 0 aromatic heterocycles. The summed E-state index contributed by atoms with van der Waals surface area (Å²) in [6.45, 7) is 2.97. The molecule has 0 aliphatic heterocycles. The molecule has 8 heteroatoms. The molecule has 6 N–H and O–H groups in total. The van der Waals surface area contributed by atoms with E-state index in [0.717, 1.165) is 13.0 Å². The molecule has 0 atom stereocenters. The SMILES string of the molecule is CCCCCCCCCCNNNNP(=O)(O)O. The van der Waals surface area contributed by atoms with Crippen LogP contribution in [0.2, 0.25) is 0 Å². The summed E-state index contributed by atoms with van der Waals surface area (Å²) in [5.74, 6) is 0. The van der Waals surface area contributed by atoms with Gasteiger partial charge in [-0.25, -0.2) is 9.99 Å². The summed E-state index contributed by atoms with van der Waals surface area (Å²) in [5, 5.41) is 1.80. The lowest BCUT2D eigenvalue weighted by Crippen LogP contribution is -2.49. The monoisotopic (exact) mass is 282 g/mol. The van der Waals surface area contributed by atoms with Crippen molar-refractivity contribution in [2.75, 3.05) is 6.54 Å². The maximum absolute atomic E-state index is 10.4. The van der Waals surface area contributed by atoms with Gasteiger partial charge in [-0.05, 0) is 6.42 Å². The van der Waals surface area contributed by atoms with Gasteiger partial charge < -0.3 is 9.79 Å². The molecule has 0 spiro atoms. The van der Waals surface area contributed by atoms with Crippen LogP contribution in [0.25, 0.3) is 0 Å². The molecule has 0 unspecified atom stereocenters. The summed E-state index contributed by atoms with van der Waals surface area (Å²) < 4.78 is 10.4. The predicted octanol–water partition coefficient (Wildman–Crippen LogP) is 1.32. The van der Waals surface area contributed by atoms with E-state index >= 15 is 0 Å². The lowest BCUT2D eigenvalue weighted by molar-refractivity contribution is 0.320. The van der Waals surface area contributed by atoms with Gasteiger partial charge in [-0.15, -0.1) is 5.20 Å². The first-order valence-electron chi connectivity index (χ1n) is 6.62. The quantitative estimate of drug-likeness (QED) is 0.172. The van der Waals surface area contributed by atoms with Crippen LogP contribution in [-0.4, -0.2) is 16.3 Å². The molecule has 0 aliphatic carbocycles. The first kappa shape index (κ1) is 18.0. The molecule has 0 aliphatic rings. The van der Waals surface area contributed by atoms with E-state index in [9.17, 15) is 4.57 Å². The van der Waals surface area contributed by atoms with E-state index in [2.05, 4.69) is 23.4 Å². The largest absolute Gasteiger partial charge is 0.414 e. The molecule has 0 bridgehead atoms. The Morgan fingerprint density at radius 1 is 0.889 bits per heavy atom. The fraction of sp³-hybridized carbons (Fsp3) is 1.00. The fourth-order valence-electron chi connectivity index (χ4n) is 1.55. The molecule has 0 saturated carbocycles. The Labute approximate surface area is 109 Å². The maximum atomic E-state index is 10.4. The highest BCUT2D eigenvalue weighted by molar-refractivity contribution is 7.49. The van der Waals surface area contributed by atoms with Crippen molar-refractivity contribution in [3.63, 3.8) is 0 Å². The molecular formula is C10H27N4O3P. The summed E-state index contributed by atoms with van der Waals surface area (Å²) in [6, 6.07) is 0. The number of unbranched alkanes of at least 4 members (excludes halogenated alkanes) is 7. The molecule has 0 aromatic rings. The van der Waals surface area contributed by atoms with E-state index in [1.54, 1.807) is 5.20 Å². The minimum Gasteiger partial charge on any atom is -0.312 e. The minimum absolute atomic E-state index is 0.755. The van der Waals surface area contributed by atoms with E-state index in [-0.39, 0.29) is 0 Å². The van der Waals surface area contributed by atoms with Crippen LogP contribution >= 0.6 is 7.75 Å². The van der Waals surface area contributed by atoms with Gasteiger partial charge >= 0.3 is 7.75 Å². The highest BCUT2D eigenvalue weighted by Gasteiger charge is 2.09. The van der Waals surface area contributed by atoms with Gasteiger partial charge in [-0.1, -0.05) is 51.9 Å². The van der Waals surface area contributed by atoms with Crippen molar-refractivity contribution >= 4 is 7.75 Å². The van der Waals surface area contributed by atoms with Crippen LogP contribution in [0.15, 0.2) is 0 Å². The van der Waals surface area contributed by atoms with Crippen molar-refractivity contribution < 1.29 is 14.4 Å². The van der Waals surface area contributed by atoms with Crippen molar-refractivity contribution in [3.05, 3.63) is 0 Å². The predicted molar refractivity (Wildman–Crippen MR) is 72.1 cm³/mol. The standard InChI is InChI=1S/C10H27N4O3P/c1-2-3-4-5-6-7-8-9-10-11-12-13-14-18(15,16)17/h11-13H,2-10H2,1H3,(H3,14,15,16,17). The fourth-order valence-corrected chi connectivity index (χ4v) is 1.76. The van der Waals surface area contributed by atoms with Crippen molar-refractivity contribution in [2.24, 2.45) is 0 Å². The van der Waals surface area contributed by atoms with Crippen LogP contribution in [-0.2, 0) is 4.57 Å². The van der Waals surface area contributed by atoms with Crippen molar-refractivity contribution in [1.29, 1.82) is 0 Å². The minimum atomic E-state index is -4.21. The van der Waals surface area contributed by atoms with E-state index < -0.39 is 7.75 Å². The van der Waals surface area contributed by atoms with Crippen LogP contribution in [0, 0.1) is 0 Å². The van der Waals surface area contributed by atoms with Gasteiger partial charge in [0.05, 0.1) is 0 Å².